The van der Waals surface area contributed by atoms with Crippen LogP contribution in [0.25, 0.3) is 0 Å². The third kappa shape index (κ3) is 5.86. The zero-order chi connectivity index (χ0) is 22.4. The van der Waals surface area contributed by atoms with Gasteiger partial charge in [0.25, 0.3) is 0 Å². The fourth-order valence-electron chi connectivity index (χ4n) is 3.32. The van der Waals surface area contributed by atoms with Crippen molar-refractivity contribution in [1.82, 2.24) is 9.36 Å². The van der Waals surface area contributed by atoms with E-state index < -0.39 is 6.04 Å². The summed E-state index contributed by atoms with van der Waals surface area (Å²) in [6, 6.07) is 10.9. The first kappa shape index (κ1) is 22.8. The second-order valence-electron chi connectivity index (χ2n) is 7.44. The summed E-state index contributed by atoms with van der Waals surface area (Å²) in [7, 11) is 1.58. The molecule has 0 amide bonds. The largest absolute Gasteiger partial charge is 0.497 e. The molecular formula is C23H27FN4O2S. The molecule has 8 heteroatoms. The van der Waals surface area contributed by atoms with Crippen molar-refractivity contribution in [3.05, 3.63) is 70.8 Å². The number of methoxy groups -OCH3 is 1. The Hall–Kier alpha value is -2.84. The van der Waals surface area contributed by atoms with Crippen molar-refractivity contribution < 1.29 is 13.9 Å². The molecule has 164 valence electrons. The third-order valence-corrected chi connectivity index (χ3v) is 5.72. The van der Waals surface area contributed by atoms with Crippen LogP contribution in [0.15, 0.2) is 42.5 Å². The molecule has 3 aromatic rings. The summed E-state index contributed by atoms with van der Waals surface area (Å²) in [6.45, 7) is 3.76. The Morgan fingerprint density at radius 2 is 2.00 bits per heavy atom. The number of anilines is 1. The number of halogens is 1. The van der Waals surface area contributed by atoms with Gasteiger partial charge < -0.3 is 15.8 Å². The summed E-state index contributed by atoms with van der Waals surface area (Å²) in [6.07, 6.45) is 2.04. The highest BCUT2D eigenvalue weighted by atomic mass is 32.1. The van der Waals surface area contributed by atoms with Crippen LogP contribution in [0.5, 0.6) is 5.75 Å². The molecular weight excluding hydrogens is 415 g/mol. The number of hydrogen-bond acceptors (Lipinski definition) is 7. The van der Waals surface area contributed by atoms with Gasteiger partial charge in [0.05, 0.1) is 7.11 Å². The van der Waals surface area contributed by atoms with Gasteiger partial charge in [-0.1, -0.05) is 25.5 Å². The topological polar surface area (TPSA) is 90.1 Å². The van der Waals surface area contributed by atoms with E-state index in [1.54, 1.807) is 50.4 Å². The molecule has 1 heterocycles. The number of Topliss-reactive ketones (excluding diaryl/α,β-unsaturated/α-hetero) is 1. The monoisotopic (exact) mass is 442 g/mol. The number of ether oxygens (including phenoxy) is 1. The molecule has 31 heavy (non-hydrogen) atoms. The maximum Gasteiger partial charge on any atom is 0.203 e. The Bertz CT molecular complexity index is 1020. The van der Waals surface area contributed by atoms with Gasteiger partial charge in [0.2, 0.25) is 5.13 Å². The van der Waals surface area contributed by atoms with Crippen molar-refractivity contribution in [1.29, 1.82) is 0 Å². The zero-order valence-corrected chi connectivity index (χ0v) is 18.7. The van der Waals surface area contributed by atoms with Gasteiger partial charge >= 0.3 is 0 Å². The molecule has 0 aliphatic heterocycles. The van der Waals surface area contributed by atoms with E-state index in [0.29, 0.717) is 40.7 Å². The average molecular weight is 443 g/mol. The summed E-state index contributed by atoms with van der Waals surface area (Å²) in [5.74, 6) is 0.957. The van der Waals surface area contributed by atoms with E-state index in [-0.39, 0.29) is 17.6 Å². The number of hydrogen-bond donors (Lipinski definition) is 2. The minimum absolute atomic E-state index is 0.102. The van der Waals surface area contributed by atoms with Gasteiger partial charge in [-0.2, -0.15) is 4.37 Å². The molecule has 3 rings (SSSR count). The van der Waals surface area contributed by atoms with Crippen LogP contribution in [-0.2, 0) is 6.42 Å². The molecule has 0 saturated carbocycles. The second-order valence-corrected chi connectivity index (χ2v) is 8.20. The quantitative estimate of drug-likeness (QED) is 0.453. The average Bonchev–Trinajstić information content (AvgIpc) is 3.21. The minimum Gasteiger partial charge on any atom is -0.497 e. The van der Waals surface area contributed by atoms with E-state index in [1.807, 2.05) is 6.92 Å². The molecule has 0 radical (unpaired) electrons. The van der Waals surface area contributed by atoms with Gasteiger partial charge in [0.1, 0.15) is 23.4 Å². The minimum atomic E-state index is -0.623. The molecule has 0 saturated heterocycles. The van der Waals surface area contributed by atoms with Crippen LogP contribution >= 0.6 is 11.5 Å². The van der Waals surface area contributed by atoms with Crippen molar-refractivity contribution >= 4 is 22.4 Å². The molecule has 2 unspecified atom stereocenters. The summed E-state index contributed by atoms with van der Waals surface area (Å²) < 4.78 is 23.0. The summed E-state index contributed by atoms with van der Waals surface area (Å²) >= 11 is 1.18. The summed E-state index contributed by atoms with van der Waals surface area (Å²) in [5.41, 5.74) is 8.41. The lowest BCUT2D eigenvalue weighted by Gasteiger charge is -2.23. The Balaban J connectivity index is 1.76. The molecule has 0 bridgehead atoms. The SMILES string of the molecule is CCCC(N)C(Nc1nc(Cc2ccc(F)c(C)c2)ns1)C(=O)c1ccc(OC)cc1. The Morgan fingerprint density at radius 1 is 1.26 bits per heavy atom. The van der Waals surface area contributed by atoms with Gasteiger partial charge in [-0.3, -0.25) is 4.79 Å². The number of nitrogens with zero attached hydrogens (tertiary/aromatic N) is 2. The van der Waals surface area contributed by atoms with E-state index in [1.165, 1.54) is 17.6 Å². The smallest absolute Gasteiger partial charge is 0.203 e. The van der Waals surface area contributed by atoms with Crippen LogP contribution in [0.3, 0.4) is 0 Å². The number of aromatic nitrogens is 2. The molecule has 0 aliphatic carbocycles. The lowest BCUT2D eigenvalue weighted by Crippen LogP contribution is -2.46. The molecule has 0 spiro atoms. The maximum atomic E-state index is 13.5. The maximum absolute atomic E-state index is 13.5. The number of aryl methyl sites for hydroxylation is 1. The Morgan fingerprint density at radius 3 is 2.65 bits per heavy atom. The Kier molecular flexibility index (Phi) is 7.70. The van der Waals surface area contributed by atoms with Crippen molar-refractivity contribution in [3.63, 3.8) is 0 Å². The molecule has 0 aliphatic rings. The van der Waals surface area contributed by atoms with Crippen molar-refractivity contribution in [2.75, 3.05) is 12.4 Å². The van der Waals surface area contributed by atoms with Gasteiger partial charge in [0, 0.05) is 29.6 Å². The highest BCUT2D eigenvalue weighted by Crippen LogP contribution is 2.21. The first-order valence-corrected chi connectivity index (χ1v) is 11.0. The highest BCUT2D eigenvalue weighted by Gasteiger charge is 2.27. The van der Waals surface area contributed by atoms with Gasteiger partial charge in [-0.05, 0) is 54.8 Å². The summed E-state index contributed by atoms with van der Waals surface area (Å²) in [5, 5.41) is 3.73. The van der Waals surface area contributed by atoms with E-state index in [4.69, 9.17) is 10.5 Å². The van der Waals surface area contributed by atoms with Crippen molar-refractivity contribution in [3.8, 4) is 5.75 Å². The first-order chi connectivity index (χ1) is 14.9. The second kappa shape index (κ2) is 10.5. The molecule has 1 aromatic heterocycles. The fourth-order valence-corrected chi connectivity index (χ4v) is 3.94. The zero-order valence-electron chi connectivity index (χ0n) is 17.9. The van der Waals surface area contributed by atoms with Crippen LogP contribution < -0.4 is 15.8 Å². The summed E-state index contributed by atoms with van der Waals surface area (Å²) in [4.78, 5) is 17.7. The normalized spacial score (nSPS) is 12.9. The predicted molar refractivity (Wildman–Crippen MR) is 121 cm³/mol. The first-order valence-electron chi connectivity index (χ1n) is 10.2. The Labute approximate surface area is 185 Å². The number of ketones is 1. The van der Waals surface area contributed by atoms with Gasteiger partial charge in [-0.25, -0.2) is 9.37 Å². The molecule has 0 fully saturated rings. The number of benzene rings is 2. The lowest BCUT2D eigenvalue weighted by atomic mass is 9.95. The number of rotatable bonds is 10. The number of carbonyl (C=O) groups is 1. The molecule has 2 atom stereocenters. The van der Waals surface area contributed by atoms with Crippen molar-refractivity contribution in [2.24, 2.45) is 5.73 Å². The standard InChI is InChI=1S/C23H27FN4O2S/c1-4-5-19(25)21(22(29)16-7-9-17(30-3)10-8-16)27-23-26-20(28-31-23)13-15-6-11-18(24)14(2)12-15/h6-12,19,21H,4-5,13,25H2,1-3H3,(H,26,27,28). The third-order valence-electron chi connectivity index (χ3n) is 5.04. The number of carbonyl (C=O) groups excluding carboxylic acids is 1. The predicted octanol–water partition coefficient (Wildman–Crippen LogP) is 4.38. The molecule has 2 aromatic carbocycles. The number of nitrogens with one attached hydrogen (secondary N) is 1. The van der Waals surface area contributed by atoms with E-state index in [9.17, 15) is 9.18 Å². The number of nitrogens with two attached hydrogens (primary N) is 1. The van der Waals surface area contributed by atoms with Crippen LogP contribution in [-0.4, -0.2) is 34.3 Å². The van der Waals surface area contributed by atoms with Crippen LogP contribution in [0, 0.1) is 12.7 Å². The van der Waals surface area contributed by atoms with E-state index >= 15 is 0 Å². The lowest BCUT2D eigenvalue weighted by molar-refractivity contribution is 0.0957. The van der Waals surface area contributed by atoms with Crippen LogP contribution in [0.1, 0.15) is 47.1 Å². The van der Waals surface area contributed by atoms with Gasteiger partial charge in [0.15, 0.2) is 5.78 Å². The van der Waals surface area contributed by atoms with Crippen LogP contribution in [0.2, 0.25) is 0 Å². The van der Waals surface area contributed by atoms with E-state index in [0.717, 1.165) is 12.0 Å². The van der Waals surface area contributed by atoms with Crippen molar-refractivity contribution in [2.45, 2.75) is 45.2 Å². The molecule has 3 N–H and O–H groups in total. The van der Waals surface area contributed by atoms with Gasteiger partial charge in [-0.15, -0.1) is 0 Å². The van der Waals surface area contributed by atoms with E-state index in [2.05, 4.69) is 14.7 Å². The van der Waals surface area contributed by atoms with Crippen LogP contribution in [0.4, 0.5) is 9.52 Å². The fraction of sp³-hybridized carbons (Fsp3) is 0.348. The highest BCUT2D eigenvalue weighted by molar-refractivity contribution is 7.09. The molecule has 6 nitrogen and oxygen atoms in total.